The van der Waals surface area contributed by atoms with Crippen molar-refractivity contribution in [1.29, 1.82) is 0 Å². The van der Waals surface area contributed by atoms with Crippen LogP contribution < -0.4 is 11.5 Å². The topological polar surface area (TPSA) is 117 Å². The van der Waals surface area contributed by atoms with E-state index in [1.165, 1.54) is 0 Å². The summed E-state index contributed by atoms with van der Waals surface area (Å²) >= 11 is 0. The molecule has 6 nitrogen and oxygen atoms in total. The van der Waals surface area contributed by atoms with Gasteiger partial charge in [-0.1, -0.05) is 77.9 Å². The van der Waals surface area contributed by atoms with E-state index < -0.39 is 0 Å². The number of phenols is 2. The minimum atomic E-state index is -0.198. The van der Waals surface area contributed by atoms with Crippen molar-refractivity contribution in [3.63, 3.8) is 0 Å². The maximum absolute atomic E-state index is 10.8. The van der Waals surface area contributed by atoms with Crippen LogP contribution in [0.5, 0.6) is 11.5 Å². The fourth-order valence-electron chi connectivity index (χ4n) is 4.49. The molecular weight excluding hydrogens is 496 g/mol. The van der Waals surface area contributed by atoms with Crippen LogP contribution in [0.25, 0.3) is 11.1 Å². The molecule has 0 aromatic heterocycles. The van der Waals surface area contributed by atoms with Crippen LogP contribution in [-0.4, -0.2) is 22.6 Å². The van der Waals surface area contributed by atoms with Gasteiger partial charge in [-0.25, -0.2) is 0 Å². The molecular formula is C34H38N4O2. The molecule has 0 saturated heterocycles. The van der Waals surface area contributed by atoms with Gasteiger partial charge in [0.05, 0.1) is 22.7 Å². The third-order valence-electron chi connectivity index (χ3n) is 6.83. The van der Waals surface area contributed by atoms with Crippen molar-refractivity contribution in [1.82, 2.24) is 0 Å². The molecule has 0 aliphatic rings. The summed E-state index contributed by atoms with van der Waals surface area (Å²) in [5.74, 6) is 0.433. The predicted molar refractivity (Wildman–Crippen MR) is 169 cm³/mol. The van der Waals surface area contributed by atoms with Crippen molar-refractivity contribution < 1.29 is 10.2 Å². The maximum Gasteiger partial charge on any atom is 0.128 e. The number of benzene rings is 4. The first-order valence-corrected chi connectivity index (χ1v) is 13.3. The molecule has 0 spiro atoms. The third kappa shape index (κ3) is 6.18. The molecule has 4 rings (SSSR count). The van der Waals surface area contributed by atoms with Crippen LogP contribution in [0.4, 0.5) is 22.7 Å². The van der Waals surface area contributed by atoms with Crippen molar-refractivity contribution in [2.45, 2.75) is 52.4 Å². The summed E-state index contributed by atoms with van der Waals surface area (Å²) in [6, 6.07) is 22.6. The lowest BCUT2D eigenvalue weighted by molar-refractivity contribution is 0.445. The minimum absolute atomic E-state index is 0.198. The molecule has 206 valence electrons. The van der Waals surface area contributed by atoms with Gasteiger partial charge in [0.1, 0.15) is 11.5 Å². The van der Waals surface area contributed by atoms with Gasteiger partial charge in [0.25, 0.3) is 0 Å². The number of hydrogen-bond acceptors (Lipinski definition) is 6. The Bertz CT molecular complexity index is 1480. The van der Waals surface area contributed by atoms with Crippen molar-refractivity contribution in [2.24, 2.45) is 9.98 Å². The lowest BCUT2D eigenvalue weighted by Gasteiger charge is -2.21. The molecule has 40 heavy (non-hydrogen) atoms. The van der Waals surface area contributed by atoms with Gasteiger partial charge in [-0.3, -0.25) is 9.98 Å². The Labute approximate surface area is 236 Å². The first-order valence-electron chi connectivity index (χ1n) is 13.3. The third-order valence-corrected chi connectivity index (χ3v) is 6.83. The highest BCUT2D eigenvalue weighted by atomic mass is 16.3. The number of nitrogens with zero attached hydrogens (tertiary/aromatic N) is 2. The standard InChI is InChI=1S/C34H38N4O2/c1-33(2,3)25-11-7-9-23(31(25)39)19-37-29-17-21(13-15-27(29)35)22-14-16-28(36)30(18-22)38-20-24-10-8-12-26(32(24)40)34(4,5)6/h7-20,39-40H,35-36H2,1-6H3. The fraction of sp³-hybridized carbons (Fsp3) is 0.235. The van der Waals surface area contributed by atoms with Gasteiger partial charge in [0, 0.05) is 23.6 Å². The molecule has 6 N–H and O–H groups in total. The van der Waals surface area contributed by atoms with E-state index in [-0.39, 0.29) is 22.3 Å². The molecule has 0 radical (unpaired) electrons. The second-order valence-electron chi connectivity index (χ2n) is 12.1. The average molecular weight is 535 g/mol. The van der Waals surface area contributed by atoms with E-state index in [0.717, 1.165) is 22.3 Å². The Kier molecular flexibility index (Phi) is 7.74. The lowest BCUT2D eigenvalue weighted by Crippen LogP contribution is -2.11. The Balaban J connectivity index is 1.66. The molecule has 6 heteroatoms. The molecule has 0 atom stereocenters. The Morgan fingerprint density at radius 1 is 0.575 bits per heavy atom. The number of nitrogens with two attached hydrogens (primary N) is 2. The van der Waals surface area contributed by atoms with Crippen LogP contribution in [-0.2, 0) is 10.8 Å². The van der Waals surface area contributed by atoms with Crippen LogP contribution in [0, 0.1) is 0 Å². The Morgan fingerprint density at radius 3 is 1.30 bits per heavy atom. The number of para-hydroxylation sites is 2. The van der Waals surface area contributed by atoms with E-state index >= 15 is 0 Å². The van der Waals surface area contributed by atoms with E-state index in [9.17, 15) is 10.2 Å². The highest BCUT2D eigenvalue weighted by molar-refractivity contribution is 5.90. The highest BCUT2D eigenvalue weighted by Gasteiger charge is 2.20. The van der Waals surface area contributed by atoms with E-state index in [2.05, 4.69) is 51.5 Å². The van der Waals surface area contributed by atoms with E-state index in [1.54, 1.807) is 12.4 Å². The van der Waals surface area contributed by atoms with E-state index in [4.69, 9.17) is 11.5 Å². The average Bonchev–Trinajstić information content (AvgIpc) is 2.88. The number of nitrogen functional groups attached to an aromatic ring is 2. The maximum atomic E-state index is 10.8. The summed E-state index contributed by atoms with van der Waals surface area (Å²) in [5, 5.41) is 21.6. The molecule has 0 aliphatic heterocycles. The molecule has 0 saturated carbocycles. The SMILES string of the molecule is CC(C)(C)c1cccc(C=Nc2cc(-c3ccc(N)c(N=Cc4cccc(C(C)(C)C)c4O)c3)ccc2N)c1O. The predicted octanol–water partition coefficient (Wildman–Crippen LogP) is 8.03. The second-order valence-corrected chi connectivity index (χ2v) is 12.1. The zero-order chi connectivity index (χ0) is 29.2. The first-order chi connectivity index (χ1) is 18.8. The molecule has 4 aromatic carbocycles. The summed E-state index contributed by atoms with van der Waals surface area (Å²) in [6.45, 7) is 12.3. The Hall–Kier alpha value is -4.58. The molecule has 0 bridgehead atoms. The summed E-state index contributed by atoms with van der Waals surface area (Å²) in [6.07, 6.45) is 3.27. The Morgan fingerprint density at radius 2 is 0.950 bits per heavy atom. The van der Waals surface area contributed by atoms with Gasteiger partial charge < -0.3 is 21.7 Å². The van der Waals surface area contributed by atoms with Crippen LogP contribution in [0.1, 0.15) is 63.8 Å². The zero-order valence-corrected chi connectivity index (χ0v) is 24.0. The monoisotopic (exact) mass is 534 g/mol. The molecule has 0 heterocycles. The highest BCUT2D eigenvalue weighted by Crippen LogP contribution is 2.36. The van der Waals surface area contributed by atoms with Crippen LogP contribution >= 0.6 is 0 Å². The number of hydrogen-bond donors (Lipinski definition) is 4. The lowest BCUT2D eigenvalue weighted by atomic mass is 9.85. The largest absolute Gasteiger partial charge is 0.507 e. The quantitative estimate of drug-likeness (QED) is 0.153. The zero-order valence-electron chi connectivity index (χ0n) is 24.0. The number of anilines is 2. The van der Waals surface area contributed by atoms with Crippen LogP contribution in [0.15, 0.2) is 82.8 Å². The summed E-state index contributed by atoms with van der Waals surface area (Å²) in [5.41, 5.74) is 19.1. The molecule has 4 aromatic rings. The second kappa shape index (κ2) is 10.9. The number of rotatable bonds is 5. The molecule has 0 aliphatic carbocycles. The van der Waals surface area contributed by atoms with Crippen molar-refractivity contribution in [2.75, 3.05) is 11.5 Å². The molecule has 0 amide bonds. The van der Waals surface area contributed by atoms with E-state index in [1.807, 2.05) is 72.8 Å². The van der Waals surface area contributed by atoms with Gasteiger partial charge in [-0.15, -0.1) is 0 Å². The molecule has 0 unspecified atom stereocenters. The molecule has 0 fully saturated rings. The van der Waals surface area contributed by atoms with Gasteiger partial charge in [0.15, 0.2) is 0 Å². The summed E-state index contributed by atoms with van der Waals surface area (Å²) < 4.78 is 0. The van der Waals surface area contributed by atoms with Gasteiger partial charge in [-0.05, 0) is 69.5 Å². The summed E-state index contributed by atoms with van der Waals surface area (Å²) in [7, 11) is 0. The fourth-order valence-corrected chi connectivity index (χ4v) is 4.49. The number of aromatic hydroxyl groups is 2. The van der Waals surface area contributed by atoms with Gasteiger partial charge in [0.2, 0.25) is 0 Å². The van der Waals surface area contributed by atoms with Gasteiger partial charge >= 0.3 is 0 Å². The minimum Gasteiger partial charge on any atom is -0.507 e. The van der Waals surface area contributed by atoms with Crippen molar-refractivity contribution in [3.8, 4) is 22.6 Å². The van der Waals surface area contributed by atoms with Crippen LogP contribution in [0.2, 0.25) is 0 Å². The normalized spacial score (nSPS) is 12.4. The van der Waals surface area contributed by atoms with Crippen molar-refractivity contribution >= 4 is 35.2 Å². The first kappa shape index (κ1) is 28.4. The number of phenolic OH excluding ortho intramolecular Hbond substituents is 2. The number of aliphatic imine (C=N–C) groups is 2. The van der Waals surface area contributed by atoms with Crippen LogP contribution in [0.3, 0.4) is 0 Å². The van der Waals surface area contributed by atoms with Crippen molar-refractivity contribution in [3.05, 3.63) is 95.1 Å². The summed E-state index contributed by atoms with van der Waals surface area (Å²) in [4.78, 5) is 9.22. The smallest absolute Gasteiger partial charge is 0.128 e. The van der Waals surface area contributed by atoms with E-state index in [0.29, 0.717) is 33.9 Å². The van der Waals surface area contributed by atoms with Gasteiger partial charge in [-0.2, -0.15) is 0 Å².